The highest BCUT2D eigenvalue weighted by atomic mass is 16.2. The van der Waals surface area contributed by atoms with Crippen molar-refractivity contribution in [3.05, 3.63) is 23.9 Å². The van der Waals surface area contributed by atoms with Gasteiger partial charge in [0.15, 0.2) is 0 Å². The molecule has 0 atom stereocenters. The first kappa shape index (κ1) is 8.52. The Kier molecular flexibility index (Phi) is 2.63. The van der Waals surface area contributed by atoms with Gasteiger partial charge in [-0.15, -0.1) is 0 Å². The molecule has 0 bridgehead atoms. The molecule has 0 saturated carbocycles. The Hall–Kier alpha value is -1.58. The number of carbonyl (C=O) groups is 1. The standard InChI is InChI=1S/C8H11N3O/c1-6-4-3-5-7(10-6)11-8(12)9-2/h3-5H,1-2H3,(H2,9,10,11,12). The van der Waals surface area contributed by atoms with Crippen LogP contribution in [-0.2, 0) is 0 Å². The number of pyridine rings is 1. The lowest BCUT2D eigenvalue weighted by atomic mass is 10.4. The smallest absolute Gasteiger partial charge is 0.320 e. The molecular formula is C8H11N3O. The van der Waals surface area contributed by atoms with Crippen LogP contribution in [0.3, 0.4) is 0 Å². The summed E-state index contributed by atoms with van der Waals surface area (Å²) in [5, 5.41) is 5.01. The number of nitrogens with one attached hydrogen (secondary N) is 2. The van der Waals surface area contributed by atoms with Crippen LogP contribution in [0.15, 0.2) is 18.2 Å². The van der Waals surface area contributed by atoms with Crippen molar-refractivity contribution in [3.8, 4) is 0 Å². The Morgan fingerprint density at radius 1 is 1.50 bits per heavy atom. The monoisotopic (exact) mass is 165 g/mol. The van der Waals surface area contributed by atoms with Crippen molar-refractivity contribution in [1.82, 2.24) is 10.3 Å². The third-order valence-corrected chi connectivity index (χ3v) is 1.36. The molecule has 0 unspecified atom stereocenters. The maximum absolute atomic E-state index is 10.8. The van der Waals surface area contributed by atoms with Gasteiger partial charge in [0.2, 0.25) is 0 Å². The minimum atomic E-state index is -0.256. The lowest BCUT2D eigenvalue weighted by Crippen LogP contribution is -2.24. The molecule has 0 fully saturated rings. The first-order valence-electron chi connectivity index (χ1n) is 3.65. The van der Waals surface area contributed by atoms with Crippen molar-refractivity contribution in [2.24, 2.45) is 0 Å². The molecule has 1 heterocycles. The van der Waals surface area contributed by atoms with Gasteiger partial charge in [-0.05, 0) is 19.1 Å². The molecule has 2 N–H and O–H groups in total. The lowest BCUT2D eigenvalue weighted by molar-refractivity contribution is 0.254. The van der Waals surface area contributed by atoms with Gasteiger partial charge in [0.1, 0.15) is 5.82 Å². The maximum atomic E-state index is 10.8. The van der Waals surface area contributed by atoms with Crippen LogP contribution in [0.4, 0.5) is 10.6 Å². The van der Waals surface area contributed by atoms with Gasteiger partial charge in [-0.2, -0.15) is 0 Å². The number of nitrogens with zero attached hydrogens (tertiary/aromatic N) is 1. The van der Waals surface area contributed by atoms with Crippen molar-refractivity contribution in [2.45, 2.75) is 6.92 Å². The molecule has 0 aliphatic rings. The molecular weight excluding hydrogens is 154 g/mol. The Balaban J connectivity index is 2.69. The topological polar surface area (TPSA) is 54.0 Å². The summed E-state index contributed by atoms with van der Waals surface area (Å²) in [6, 6.07) is 5.19. The Morgan fingerprint density at radius 3 is 2.83 bits per heavy atom. The normalized spacial score (nSPS) is 9.17. The second-order valence-electron chi connectivity index (χ2n) is 2.37. The molecule has 0 saturated heterocycles. The van der Waals surface area contributed by atoms with Gasteiger partial charge in [-0.1, -0.05) is 6.07 Å². The molecule has 1 aromatic rings. The molecule has 0 aliphatic carbocycles. The average molecular weight is 165 g/mol. The third-order valence-electron chi connectivity index (χ3n) is 1.36. The third kappa shape index (κ3) is 2.23. The van der Waals surface area contributed by atoms with E-state index in [1.54, 1.807) is 13.1 Å². The minimum Gasteiger partial charge on any atom is -0.341 e. The van der Waals surface area contributed by atoms with E-state index in [0.717, 1.165) is 5.69 Å². The molecule has 0 aromatic carbocycles. The van der Waals surface area contributed by atoms with Gasteiger partial charge < -0.3 is 5.32 Å². The predicted molar refractivity (Wildman–Crippen MR) is 47.1 cm³/mol. The largest absolute Gasteiger partial charge is 0.341 e. The van der Waals surface area contributed by atoms with Crippen LogP contribution in [0.5, 0.6) is 0 Å². The number of hydrogen-bond acceptors (Lipinski definition) is 2. The van der Waals surface area contributed by atoms with Crippen LogP contribution in [0.2, 0.25) is 0 Å². The summed E-state index contributed by atoms with van der Waals surface area (Å²) < 4.78 is 0. The second-order valence-corrected chi connectivity index (χ2v) is 2.37. The minimum absolute atomic E-state index is 0.256. The van der Waals surface area contributed by atoms with Gasteiger partial charge in [-0.25, -0.2) is 9.78 Å². The molecule has 0 radical (unpaired) electrons. The van der Waals surface area contributed by atoms with Crippen molar-refractivity contribution >= 4 is 11.8 Å². The highest BCUT2D eigenvalue weighted by Gasteiger charge is 1.97. The van der Waals surface area contributed by atoms with Crippen molar-refractivity contribution < 1.29 is 4.79 Å². The maximum Gasteiger partial charge on any atom is 0.320 e. The summed E-state index contributed by atoms with van der Waals surface area (Å²) in [7, 11) is 1.56. The van der Waals surface area contributed by atoms with Crippen LogP contribution in [0, 0.1) is 6.92 Å². The first-order valence-corrected chi connectivity index (χ1v) is 3.65. The van der Waals surface area contributed by atoms with E-state index >= 15 is 0 Å². The van der Waals surface area contributed by atoms with E-state index in [1.165, 1.54) is 0 Å². The quantitative estimate of drug-likeness (QED) is 0.655. The zero-order valence-corrected chi connectivity index (χ0v) is 7.09. The molecule has 1 aromatic heterocycles. The van der Waals surface area contributed by atoms with Gasteiger partial charge in [-0.3, -0.25) is 5.32 Å². The highest BCUT2D eigenvalue weighted by molar-refractivity contribution is 5.87. The average Bonchev–Trinajstić information content (AvgIpc) is 2.04. The van der Waals surface area contributed by atoms with Gasteiger partial charge in [0.05, 0.1) is 0 Å². The van der Waals surface area contributed by atoms with E-state index in [2.05, 4.69) is 15.6 Å². The van der Waals surface area contributed by atoms with Gasteiger partial charge >= 0.3 is 6.03 Å². The summed E-state index contributed by atoms with van der Waals surface area (Å²) >= 11 is 0. The number of amides is 2. The van der Waals surface area contributed by atoms with E-state index in [9.17, 15) is 4.79 Å². The molecule has 4 heteroatoms. The summed E-state index contributed by atoms with van der Waals surface area (Å²) in [4.78, 5) is 14.9. The van der Waals surface area contributed by atoms with E-state index in [1.807, 2.05) is 19.1 Å². The molecule has 0 aliphatic heterocycles. The number of aryl methyl sites for hydroxylation is 1. The van der Waals surface area contributed by atoms with Crippen LogP contribution >= 0.6 is 0 Å². The molecule has 1 rings (SSSR count). The van der Waals surface area contributed by atoms with E-state index in [-0.39, 0.29) is 6.03 Å². The van der Waals surface area contributed by atoms with Crippen molar-refractivity contribution in [2.75, 3.05) is 12.4 Å². The Bertz CT molecular complexity index is 285. The van der Waals surface area contributed by atoms with E-state index in [4.69, 9.17) is 0 Å². The zero-order chi connectivity index (χ0) is 8.97. The number of carbonyl (C=O) groups excluding carboxylic acids is 1. The van der Waals surface area contributed by atoms with Gasteiger partial charge in [0.25, 0.3) is 0 Å². The molecule has 64 valence electrons. The fraction of sp³-hybridized carbons (Fsp3) is 0.250. The van der Waals surface area contributed by atoms with E-state index in [0.29, 0.717) is 5.82 Å². The van der Waals surface area contributed by atoms with Crippen LogP contribution in [0.1, 0.15) is 5.69 Å². The number of anilines is 1. The molecule has 0 spiro atoms. The van der Waals surface area contributed by atoms with Crippen LogP contribution in [0.25, 0.3) is 0 Å². The summed E-state index contributed by atoms with van der Waals surface area (Å²) in [5.41, 5.74) is 0.879. The SMILES string of the molecule is CNC(=O)Nc1cccc(C)n1. The van der Waals surface area contributed by atoms with Crippen LogP contribution in [-0.4, -0.2) is 18.1 Å². The molecule has 4 nitrogen and oxygen atoms in total. The van der Waals surface area contributed by atoms with Crippen LogP contribution < -0.4 is 10.6 Å². The fourth-order valence-electron chi connectivity index (χ4n) is 0.791. The Labute approximate surface area is 71.0 Å². The number of aromatic nitrogens is 1. The Morgan fingerprint density at radius 2 is 2.25 bits per heavy atom. The van der Waals surface area contributed by atoms with Gasteiger partial charge in [0, 0.05) is 12.7 Å². The summed E-state index contributed by atoms with van der Waals surface area (Å²) in [6.07, 6.45) is 0. The second kappa shape index (κ2) is 3.71. The number of hydrogen-bond donors (Lipinski definition) is 2. The fourth-order valence-corrected chi connectivity index (χ4v) is 0.791. The summed E-state index contributed by atoms with van der Waals surface area (Å²) in [5.74, 6) is 0.564. The highest BCUT2D eigenvalue weighted by Crippen LogP contribution is 2.02. The van der Waals surface area contributed by atoms with Crippen molar-refractivity contribution in [3.63, 3.8) is 0 Å². The summed E-state index contributed by atoms with van der Waals surface area (Å²) in [6.45, 7) is 1.87. The lowest BCUT2D eigenvalue weighted by Gasteiger charge is -2.02. The first-order chi connectivity index (χ1) is 5.72. The molecule has 12 heavy (non-hydrogen) atoms. The van der Waals surface area contributed by atoms with E-state index < -0.39 is 0 Å². The van der Waals surface area contributed by atoms with Crippen molar-refractivity contribution in [1.29, 1.82) is 0 Å². The number of urea groups is 1. The zero-order valence-electron chi connectivity index (χ0n) is 7.09. The predicted octanol–water partition coefficient (Wildman–Crippen LogP) is 1.14. The number of rotatable bonds is 1. The molecule has 2 amide bonds.